The van der Waals surface area contributed by atoms with Crippen LogP contribution in [0.15, 0.2) is 35.4 Å². The number of aryl methyl sites for hydroxylation is 1. The zero-order chi connectivity index (χ0) is 17.1. The molecule has 0 atom stereocenters. The first-order valence-electron chi connectivity index (χ1n) is 7.37. The molecule has 2 aromatic heterocycles. The van der Waals surface area contributed by atoms with E-state index < -0.39 is 17.4 Å². The van der Waals surface area contributed by atoms with Crippen LogP contribution in [0.5, 0.6) is 0 Å². The molecule has 1 aromatic carbocycles. The first kappa shape index (κ1) is 15.7. The van der Waals surface area contributed by atoms with Crippen LogP contribution in [0.25, 0.3) is 5.78 Å². The molecule has 0 saturated carbocycles. The SMILES string of the molecule is CCCc1nc2nc[nH]n2c(=O)c1NC(=O)Nc1ccccc1F. The third-order valence-corrected chi connectivity index (χ3v) is 3.35. The van der Waals surface area contributed by atoms with Crippen LogP contribution in [-0.2, 0) is 6.42 Å². The van der Waals surface area contributed by atoms with Crippen molar-refractivity contribution < 1.29 is 9.18 Å². The summed E-state index contributed by atoms with van der Waals surface area (Å²) in [7, 11) is 0. The van der Waals surface area contributed by atoms with Crippen LogP contribution in [0.4, 0.5) is 20.6 Å². The molecule has 0 saturated heterocycles. The highest BCUT2D eigenvalue weighted by molar-refractivity contribution is 6.00. The summed E-state index contributed by atoms with van der Waals surface area (Å²) in [5, 5.41) is 7.46. The van der Waals surface area contributed by atoms with Crippen molar-refractivity contribution in [1.82, 2.24) is 19.6 Å². The molecule has 3 N–H and O–H groups in total. The van der Waals surface area contributed by atoms with Crippen LogP contribution in [-0.4, -0.2) is 25.6 Å². The number of aromatic amines is 1. The average Bonchev–Trinajstić information content (AvgIpc) is 3.02. The zero-order valence-electron chi connectivity index (χ0n) is 12.8. The van der Waals surface area contributed by atoms with Gasteiger partial charge in [0, 0.05) is 0 Å². The number of amides is 2. The normalized spacial score (nSPS) is 10.8. The summed E-state index contributed by atoms with van der Waals surface area (Å²) in [6.45, 7) is 1.93. The van der Waals surface area contributed by atoms with E-state index in [2.05, 4.69) is 25.7 Å². The van der Waals surface area contributed by atoms with E-state index in [1.165, 1.54) is 24.5 Å². The Morgan fingerprint density at radius 1 is 1.33 bits per heavy atom. The van der Waals surface area contributed by atoms with Crippen LogP contribution in [0.1, 0.15) is 19.0 Å². The Kier molecular flexibility index (Phi) is 4.23. The van der Waals surface area contributed by atoms with Gasteiger partial charge >= 0.3 is 6.03 Å². The number of benzene rings is 1. The smallest absolute Gasteiger partial charge is 0.305 e. The van der Waals surface area contributed by atoms with Crippen molar-refractivity contribution in [1.29, 1.82) is 0 Å². The second-order valence-corrected chi connectivity index (χ2v) is 5.07. The Bertz CT molecular complexity index is 949. The van der Waals surface area contributed by atoms with E-state index in [1.54, 1.807) is 6.07 Å². The predicted octanol–water partition coefficient (Wildman–Crippen LogP) is 2.15. The van der Waals surface area contributed by atoms with E-state index >= 15 is 0 Å². The third-order valence-electron chi connectivity index (χ3n) is 3.35. The highest BCUT2D eigenvalue weighted by Crippen LogP contribution is 2.14. The lowest BCUT2D eigenvalue weighted by Gasteiger charge is -2.11. The summed E-state index contributed by atoms with van der Waals surface area (Å²) in [5.74, 6) is -0.344. The number of nitrogens with one attached hydrogen (secondary N) is 3. The van der Waals surface area contributed by atoms with Crippen molar-refractivity contribution in [3.63, 3.8) is 0 Å². The number of hydrogen-bond donors (Lipinski definition) is 3. The molecule has 2 amide bonds. The first-order chi connectivity index (χ1) is 11.6. The number of carbonyl (C=O) groups is 1. The van der Waals surface area contributed by atoms with Crippen LogP contribution >= 0.6 is 0 Å². The molecule has 124 valence electrons. The van der Waals surface area contributed by atoms with Crippen molar-refractivity contribution in [2.75, 3.05) is 10.6 Å². The largest absolute Gasteiger partial charge is 0.323 e. The van der Waals surface area contributed by atoms with Crippen LogP contribution in [0.2, 0.25) is 0 Å². The van der Waals surface area contributed by atoms with Crippen molar-refractivity contribution in [3.05, 3.63) is 52.5 Å². The molecule has 0 fully saturated rings. The molecular formula is C15H15FN6O2. The number of H-pyrrole nitrogens is 1. The molecule has 0 bridgehead atoms. The first-order valence-corrected chi connectivity index (χ1v) is 7.37. The van der Waals surface area contributed by atoms with Gasteiger partial charge in [0.15, 0.2) is 0 Å². The van der Waals surface area contributed by atoms with Crippen LogP contribution in [0.3, 0.4) is 0 Å². The van der Waals surface area contributed by atoms with E-state index in [9.17, 15) is 14.0 Å². The maximum absolute atomic E-state index is 13.6. The summed E-state index contributed by atoms with van der Waals surface area (Å²) in [5.41, 5.74) is -0.00178. The fourth-order valence-corrected chi connectivity index (χ4v) is 2.27. The van der Waals surface area contributed by atoms with Gasteiger partial charge in [-0.3, -0.25) is 9.89 Å². The number of urea groups is 1. The Balaban J connectivity index is 1.92. The average molecular weight is 330 g/mol. The number of halogens is 1. The van der Waals surface area contributed by atoms with Crippen LogP contribution < -0.4 is 16.2 Å². The molecule has 0 spiro atoms. The number of para-hydroxylation sites is 1. The topological polar surface area (TPSA) is 104 Å². The molecular weight excluding hydrogens is 315 g/mol. The van der Waals surface area contributed by atoms with Crippen molar-refractivity contribution in [2.45, 2.75) is 19.8 Å². The van der Waals surface area contributed by atoms with Crippen molar-refractivity contribution in [3.8, 4) is 0 Å². The van der Waals surface area contributed by atoms with Gasteiger partial charge in [-0.25, -0.2) is 19.2 Å². The second kappa shape index (κ2) is 6.49. The molecule has 3 rings (SSSR count). The van der Waals surface area contributed by atoms with Gasteiger partial charge in [0.1, 0.15) is 17.8 Å². The second-order valence-electron chi connectivity index (χ2n) is 5.07. The van der Waals surface area contributed by atoms with Gasteiger partial charge in [-0.05, 0) is 18.6 Å². The molecule has 2 heterocycles. The lowest BCUT2D eigenvalue weighted by atomic mass is 10.2. The maximum Gasteiger partial charge on any atom is 0.323 e. The quantitative estimate of drug-likeness (QED) is 0.682. The molecule has 8 nitrogen and oxygen atoms in total. The lowest BCUT2D eigenvalue weighted by molar-refractivity contribution is 0.262. The Hall–Kier alpha value is -3.23. The standard InChI is InChI=1S/C15H15FN6O2/c1-2-5-11-12(13(23)22-14(19-11)17-8-18-22)21-15(24)20-10-7-4-3-6-9(10)16/h3-4,6-8H,2,5H2,1H3,(H,17,18,19)(H2,20,21,24). The monoisotopic (exact) mass is 330 g/mol. The minimum Gasteiger partial charge on any atom is -0.305 e. The number of hydrogen-bond acceptors (Lipinski definition) is 4. The minimum atomic E-state index is -0.726. The number of aromatic nitrogens is 4. The zero-order valence-corrected chi connectivity index (χ0v) is 12.8. The van der Waals surface area contributed by atoms with Gasteiger partial charge in [-0.2, -0.15) is 4.52 Å². The molecule has 3 aromatic rings. The number of carbonyl (C=O) groups excluding carboxylic acids is 1. The summed E-state index contributed by atoms with van der Waals surface area (Å²) in [4.78, 5) is 32.8. The number of nitrogens with zero attached hydrogens (tertiary/aromatic N) is 3. The highest BCUT2D eigenvalue weighted by Gasteiger charge is 2.16. The summed E-state index contributed by atoms with van der Waals surface area (Å²) < 4.78 is 14.7. The molecule has 24 heavy (non-hydrogen) atoms. The molecule has 9 heteroatoms. The van der Waals surface area contributed by atoms with E-state index in [-0.39, 0.29) is 17.2 Å². The van der Waals surface area contributed by atoms with Gasteiger partial charge in [-0.1, -0.05) is 25.5 Å². The maximum atomic E-state index is 13.6. The molecule has 0 aliphatic carbocycles. The Morgan fingerprint density at radius 2 is 2.12 bits per heavy atom. The van der Waals surface area contributed by atoms with Gasteiger partial charge in [0.05, 0.1) is 11.4 Å². The number of rotatable bonds is 4. The molecule has 0 radical (unpaired) electrons. The Labute approximate surface area is 135 Å². The van der Waals surface area contributed by atoms with Gasteiger partial charge < -0.3 is 10.6 Å². The third kappa shape index (κ3) is 2.96. The van der Waals surface area contributed by atoms with Gasteiger partial charge in [0.25, 0.3) is 11.3 Å². The minimum absolute atomic E-state index is 0.0164. The Morgan fingerprint density at radius 3 is 2.88 bits per heavy atom. The van der Waals surface area contributed by atoms with Crippen LogP contribution in [0, 0.1) is 5.82 Å². The van der Waals surface area contributed by atoms with E-state index in [4.69, 9.17) is 0 Å². The fourth-order valence-electron chi connectivity index (χ4n) is 2.27. The van der Waals surface area contributed by atoms with Crippen molar-refractivity contribution in [2.24, 2.45) is 0 Å². The summed E-state index contributed by atoms with van der Waals surface area (Å²) in [6.07, 6.45) is 2.56. The summed E-state index contributed by atoms with van der Waals surface area (Å²) in [6, 6.07) is 5.03. The van der Waals surface area contributed by atoms with E-state index in [0.29, 0.717) is 12.1 Å². The van der Waals surface area contributed by atoms with Crippen molar-refractivity contribution >= 4 is 23.2 Å². The van der Waals surface area contributed by atoms with E-state index in [1.807, 2.05) is 6.92 Å². The summed E-state index contributed by atoms with van der Waals surface area (Å²) >= 11 is 0. The molecule has 0 unspecified atom stereocenters. The highest BCUT2D eigenvalue weighted by atomic mass is 19.1. The van der Waals surface area contributed by atoms with Gasteiger partial charge in [0.2, 0.25) is 0 Å². The predicted molar refractivity (Wildman–Crippen MR) is 86.6 cm³/mol. The number of anilines is 2. The van der Waals surface area contributed by atoms with Gasteiger partial charge in [-0.15, -0.1) is 0 Å². The van der Waals surface area contributed by atoms with E-state index in [0.717, 1.165) is 10.9 Å². The number of fused-ring (bicyclic) bond motifs is 1. The molecule has 0 aliphatic heterocycles. The fraction of sp³-hybridized carbons (Fsp3) is 0.200. The molecule has 0 aliphatic rings. The lowest BCUT2D eigenvalue weighted by Crippen LogP contribution is -2.28.